The summed E-state index contributed by atoms with van der Waals surface area (Å²) in [5.74, 6) is -13.1. The van der Waals surface area contributed by atoms with E-state index in [0.29, 0.717) is 95.8 Å². The van der Waals surface area contributed by atoms with Crippen LogP contribution in [0.4, 0.5) is 62.3 Å². The number of nitrogens with one attached hydrogen (secondary N) is 1. The van der Waals surface area contributed by atoms with Gasteiger partial charge in [-0.2, -0.15) is 0 Å². The van der Waals surface area contributed by atoms with E-state index in [1.165, 1.54) is 45.6 Å². The maximum absolute atomic E-state index is 17.2. The molecule has 135 heavy (non-hydrogen) atoms. The number of rotatable bonds is 14. The molecule has 4 N–H and O–H groups in total. The highest BCUT2D eigenvalue weighted by Crippen LogP contribution is 2.52. The normalized spacial score (nSPS) is 17.7. The van der Waals surface area contributed by atoms with Crippen molar-refractivity contribution in [1.29, 1.82) is 0 Å². The Labute approximate surface area is 772 Å². The lowest BCUT2D eigenvalue weighted by Gasteiger charge is -2.50. The molecule has 0 aliphatic carbocycles. The molecular weight excluding hydrogens is 1750 g/mol. The number of aromatic nitrogens is 5. The Morgan fingerprint density at radius 3 is 1.36 bits per heavy atom. The highest BCUT2D eigenvalue weighted by Gasteiger charge is 2.47. The number of phenolic OH excluding ortho intramolecular Hbond substituents is 3. The number of ether oxygens (including phenoxy) is 1. The molecule has 3 fully saturated rings. The zero-order valence-electron chi connectivity index (χ0n) is 77.0. The second-order valence-corrected chi connectivity index (χ2v) is 36.6. The first-order valence-electron chi connectivity index (χ1n) is 44.6. The van der Waals surface area contributed by atoms with E-state index in [2.05, 4.69) is 35.0 Å². The van der Waals surface area contributed by atoms with Crippen molar-refractivity contribution >= 4 is 73.2 Å². The van der Waals surface area contributed by atoms with Crippen LogP contribution < -0.4 is 41.4 Å². The second kappa shape index (κ2) is 36.3. The Hall–Kier alpha value is -14.2. The first kappa shape index (κ1) is 94.0. The molecule has 3 amide bonds. The van der Waals surface area contributed by atoms with Crippen molar-refractivity contribution in [3.63, 3.8) is 0 Å². The van der Waals surface area contributed by atoms with Gasteiger partial charge in [0.15, 0.2) is 17.5 Å². The number of phenols is 3. The summed E-state index contributed by atoms with van der Waals surface area (Å²) in [6.07, 6.45) is 7.19. The van der Waals surface area contributed by atoms with Gasteiger partial charge in [0, 0.05) is 111 Å². The number of amides is 3. The van der Waals surface area contributed by atoms with Gasteiger partial charge in [-0.1, -0.05) is 91.6 Å². The van der Waals surface area contributed by atoms with Crippen LogP contribution >= 0.6 is 0 Å². The number of hydrogen-bond donors (Lipinski definition) is 4. The molecular formula is C103H102F9N13O10. The van der Waals surface area contributed by atoms with Crippen LogP contribution in [-0.4, -0.2) is 179 Å². The summed E-state index contributed by atoms with van der Waals surface area (Å²) in [6.45, 7) is 36.1. The van der Waals surface area contributed by atoms with Crippen molar-refractivity contribution in [3.05, 3.63) is 276 Å². The first-order valence-corrected chi connectivity index (χ1v) is 44.6. The molecule has 6 unspecified atom stereocenters. The van der Waals surface area contributed by atoms with E-state index in [1.54, 1.807) is 53.1 Å². The fraction of sp³-hybridized carbons (Fsp3) is 0.320. The second-order valence-electron chi connectivity index (χ2n) is 36.6. The fourth-order valence-corrected chi connectivity index (χ4v) is 20.6. The summed E-state index contributed by atoms with van der Waals surface area (Å²) >= 11 is 0. The lowest BCUT2D eigenvalue weighted by molar-refractivity contribution is -0.129. The van der Waals surface area contributed by atoms with Crippen LogP contribution in [0.2, 0.25) is 0 Å². The molecule has 5 aromatic heterocycles. The van der Waals surface area contributed by atoms with E-state index in [9.17, 15) is 44.1 Å². The maximum Gasteiger partial charge on any atom is 0.300 e. The number of benzene rings is 7. The van der Waals surface area contributed by atoms with E-state index in [0.717, 1.165) is 75.9 Å². The van der Waals surface area contributed by atoms with Gasteiger partial charge < -0.3 is 59.7 Å². The van der Waals surface area contributed by atoms with E-state index in [-0.39, 0.29) is 142 Å². The van der Waals surface area contributed by atoms with Crippen LogP contribution in [0.15, 0.2) is 162 Å². The lowest BCUT2D eigenvalue weighted by atomic mass is 9.93. The van der Waals surface area contributed by atoms with Crippen molar-refractivity contribution in [2.75, 3.05) is 86.5 Å². The number of halogens is 9. The molecule has 0 saturated carbocycles. The first-order chi connectivity index (χ1) is 64.2. The molecule has 6 aliphatic rings. The summed E-state index contributed by atoms with van der Waals surface area (Å²) in [4.78, 5) is 103. The molecule has 32 heteroatoms. The summed E-state index contributed by atoms with van der Waals surface area (Å²) in [6, 6.07) is 18.8. The van der Waals surface area contributed by atoms with Gasteiger partial charge in [-0.3, -0.25) is 52.4 Å². The smallest absolute Gasteiger partial charge is 0.300 e. The van der Waals surface area contributed by atoms with E-state index in [1.807, 2.05) is 115 Å². The van der Waals surface area contributed by atoms with Gasteiger partial charge in [-0.15, -0.1) is 0 Å². The Kier molecular flexibility index (Phi) is 25.3. The monoisotopic (exact) mass is 1850 g/mol. The molecule has 0 spiro atoms. The number of carbonyl (C=O) groups excluding carboxylic acids is 3. The molecule has 18 rings (SSSR count). The fourth-order valence-electron chi connectivity index (χ4n) is 20.6. The van der Waals surface area contributed by atoms with Crippen LogP contribution in [0, 0.1) is 73.1 Å². The van der Waals surface area contributed by atoms with Crippen molar-refractivity contribution < 1.29 is 74.0 Å². The van der Waals surface area contributed by atoms with E-state index < -0.39 is 126 Å². The number of nitrogens with zero attached hydrogens (tertiary/aromatic N) is 12. The molecule has 7 aromatic carbocycles. The van der Waals surface area contributed by atoms with E-state index in [4.69, 9.17) is 4.74 Å². The molecule has 12 aromatic rings. The predicted octanol–water partition coefficient (Wildman–Crippen LogP) is 17.6. The minimum Gasteiger partial charge on any atom is -0.507 e. The highest BCUT2D eigenvalue weighted by atomic mass is 19.2. The number of carbonyl (C=O) groups is 3. The number of fused-ring (bicyclic) bond motifs is 15. The number of aryl methyl sites for hydroxylation is 3. The zero-order valence-corrected chi connectivity index (χ0v) is 77.0. The molecule has 6 aliphatic heterocycles. The average molecular weight is 1850 g/mol. The van der Waals surface area contributed by atoms with Gasteiger partial charge in [0.05, 0.1) is 114 Å². The SMILES string of the molecule is C=CC(=O)N1CC(C)N2c3c(c(=O)n(-c4c(C)ccnc4C(C)C)c4c(F)c(-c5c(O)cccc5F)c(F)cc34)NCC2C1.C=CC(=O)N1CC(C)N2c3c(c(=O)n(-c4c(C)ccnc4C(C)C)c4c(F)c(-c5c(O)cccc5F)c(F)cc34)OCC2C1.C=CC(=O)N1CC2Cc3c(c4cc(F)c(-c5c(O)cccc5F)c(F)c4n(-c4c(C)cc(CN(C)C)cc4C(C)C)c3=O)N2CC1C. The number of aromatic hydroxyl groups is 3. The standard InChI is InChI=1S/C37H39F3N4O3.C33H32F3N5O3.C33H31F3N4O4/c1-8-30(46)42-18-23-14-26-35(43(23)16-21(42)5)25-15-28(39)32(31-27(38)10-9-11-29(31)45)33(40)36(25)44(37(26)47)34-20(4)12-22(17-41(6)7)13-24(34)19(2)3;1-6-24(43)39-14-18(5)40-19(15-39)13-38-29-32(40)20-12-22(35)26(25-21(34)8-7-9-23(25)42)27(36)31(20)41(33(29)44)30-17(4)10-11-37-28(30)16(2)3;1-6-24(42)38-13-18(5)39-19(14-38)15-44-32-31(39)20-12-22(35)26(25-21(34)8-7-9-23(25)41)27(36)30(20)40(33(32)43)29-17(4)10-11-37-28(29)16(2)3/h8-13,15,19,21,23,45H,1,14,16-18H2,2-7H3;6-12,16,18-19,38,42H,1,13-15H2,2-5H3;6-12,16,18-19,41H,1,13-15H2,2-5H3. The largest absolute Gasteiger partial charge is 0.507 e. The average Bonchev–Trinajstić information content (AvgIpc) is 1.65. The number of hydrogen-bond acceptors (Lipinski definition) is 17. The van der Waals surface area contributed by atoms with Gasteiger partial charge >= 0.3 is 0 Å². The van der Waals surface area contributed by atoms with Crippen molar-refractivity contribution in [2.45, 2.75) is 150 Å². The van der Waals surface area contributed by atoms with Gasteiger partial charge in [-0.05, 0) is 186 Å². The third-order valence-electron chi connectivity index (χ3n) is 26.4. The van der Waals surface area contributed by atoms with Gasteiger partial charge in [0.2, 0.25) is 23.5 Å². The summed E-state index contributed by atoms with van der Waals surface area (Å²) in [5.41, 5.74) is 0.554. The van der Waals surface area contributed by atoms with E-state index >= 15 is 39.5 Å². The Morgan fingerprint density at radius 2 is 0.919 bits per heavy atom. The molecule has 0 radical (unpaired) electrons. The molecule has 6 atom stereocenters. The van der Waals surface area contributed by atoms with Gasteiger partial charge in [0.25, 0.3) is 16.7 Å². The Balaban J connectivity index is 0.000000147. The minimum absolute atomic E-state index is 0.0205. The topological polar surface area (TPSA) is 248 Å². The lowest BCUT2D eigenvalue weighted by Crippen LogP contribution is -2.63. The molecule has 23 nitrogen and oxygen atoms in total. The van der Waals surface area contributed by atoms with Gasteiger partial charge in [-0.25, -0.2) is 39.5 Å². The maximum atomic E-state index is 17.2. The number of anilines is 4. The summed E-state index contributed by atoms with van der Waals surface area (Å²) in [7, 11) is 3.92. The Bertz CT molecular complexity index is 6860. The Morgan fingerprint density at radius 1 is 0.481 bits per heavy atom. The molecule has 11 heterocycles. The highest BCUT2D eigenvalue weighted by molar-refractivity contribution is 6.05. The van der Waals surface area contributed by atoms with Crippen molar-refractivity contribution in [3.8, 4) is 73.4 Å². The third kappa shape index (κ3) is 15.9. The van der Waals surface area contributed by atoms with Crippen LogP contribution in [-0.2, 0) is 27.3 Å². The predicted molar refractivity (Wildman–Crippen MR) is 504 cm³/mol. The summed E-state index contributed by atoms with van der Waals surface area (Å²) < 4.78 is 155. The van der Waals surface area contributed by atoms with Crippen LogP contribution in [0.25, 0.3) is 83.2 Å². The minimum atomic E-state index is -1.23. The molecule has 0 bridgehead atoms. The van der Waals surface area contributed by atoms with Crippen LogP contribution in [0.5, 0.6) is 23.0 Å². The zero-order chi connectivity index (χ0) is 97.3. The number of piperazine rings is 3. The van der Waals surface area contributed by atoms with Crippen LogP contribution in [0.1, 0.15) is 125 Å². The van der Waals surface area contributed by atoms with Crippen molar-refractivity contribution in [1.82, 2.24) is 43.3 Å². The number of pyridine rings is 5. The van der Waals surface area contributed by atoms with Gasteiger partial charge in [0.1, 0.15) is 64.4 Å². The molecule has 702 valence electrons. The van der Waals surface area contributed by atoms with Crippen LogP contribution in [0.3, 0.4) is 0 Å². The van der Waals surface area contributed by atoms with Crippen molar-refractivity contribution in [2.24, 2.45) is 0 Å². The summed E-state index contributed by atoms with van der Waals surface area (Å²) in [5, 5.41) is 35.1. The quantitative estimate of drug-likeness (QED) is 0.0584. The molecule has 3 saturated heterocycles. The third-order valence-corrected chi connectivity index (χ3v) is 26.4.